The highest BCUT2D eigenvalue weighted by Gasteiger charge is 2.05. The second-order valence-corrected chi connectivity index (χ2v) is 20.8. The van der Waals surface area contributed by atoms with Gasteiger partial charge in [0.25, 0.3) is 0 Å². The molecule has 2 nitrogen and oxygen atoms in total. The zero-order valence-corrected chi connectivity index (χ0v) is 42.2. The van der Waals surface area contributed by atoms with Crippen molar-refractivity contribution in [3.8, 4) is 5.75 Å². The first-order valence-electron chi connectivity index (χ1n) is 19.1. The Morgan fingerprint density at radius 3 is 1.03 bits per heavy atom. The van der Waals surface area contributed by atoms with Gasteiger partial charge in [0.15, 0.2) is 0 Å². The van der Waals surface area contributed by atoms with E-state index >= 15 is 0 Å². The summed E-state index contributed by atoms with van der Waals surface area (Å²) in [6.45, 7) is 1.24. The number of aryl methyl sites for hydroxylation is 3. The van der Waals surface area contributed by atoms with Crippen LogP contribution >= 0.6 is 118 Å². The lowest BCUT2D eigenvalue weighted by Crippen LogP contribution is -1.95. The first-order chi connectivity index (χ1) is 28.6. The molecule has 0 aliphatic rings. The summed E-state index contributed by atoms with van der Waals surface area (Å²) in [5.74, 6) is 7.18. The molecule has 0 saturated carbocycles. The van der Waals surface area contributed by atoms with Gasteiger partial charge in [-0.3, -0.25) is 0 Å². The standard InChI is InChI=1S/C32H30Br2Cl2OS2.C16H16BrClOS/c33-31-17-29(35)11-9-27(31)13-15-38-21-25-5-1-23(2-6-25)19-37-20-24-3-7-26(8-4-24)22-39-16-14-28-10-12-30(36)18-32(28)34;1-19-15-6-2-12(3-7-15)11-20-9-8-13-4-5-14(18)10-16(13)17/h1-12,17-18H,13-16,19-22H2;2-7,10H,8-9,11H2,1H3. The summed E-state index contributed by atoms with van der Waals surface area (Å²) in [4.78, 5) is 0. The highest BCUT2D eigenvalue weighted by molar-refractivity contribution is 9.11. The van der Waals surface area contributed by atoms with Gasteiger partial charge in [-0.25, -0.2) is 0 Å². The van der Waals surface area contributed by atoms with Gasteiger partial charge in [0.2, 0.25) is 0 Å². The third kappa shape index (κ3) is 18.0. The fraction of sp³-hybridized carbons (Fsp3) is 0.250. The molecule has 11 heteroatoms. The van der Waals surface area contributed by atoms with E-state index < -0.39 is 0 Å². The SMILES string of the molecule is COc1ccc(CSCCc2ccc(Cl)cc2Br)cc1.Clc1ccc(CCSCc2ccc(COCc3ccc(CSCCc4ccc(Cl)cc4Br)cc3)cc2)c(Br)c1. The van der Waals surface area contributed by atoms with E-state index in [0.29, 0.717) is 13.2 Å². The van der Waals surface area contributed by atoms with E-state index in [9.17, 15) is 0 Å². The van der Waals surface area contributed by atoms with Crippen LogP contribution in [0.3, 0.4) is 0 Å². The summed E-state index contributed by atoms with van der Waals surface area (Å²) in [5.41, 5.74) is 10.3. The third-order valence-electron chi connectivity index (χ3n) is 9.14. The first-order valence-corrected chi connectivity index (χ1v) is 26.0. The monoisotopic (exact) mass is 1090 g/mol. The molecule has 0 unspecified atom stereocenters. The lowest BCUT2D eigenvalue weighted by atomic mass is 10.1. The van der Waals surface area contributed by atoms with Crippen LogP contribution in [0, 0.1) is 0 Å². The lowest BCUT2D eigenvalue weighted by Gasteiger charge is -2.08. The molecule has 310 valence electrons. The topological polar surface area (TPSA) is 18.5 Å². The van der Waals surface area contributed by atoms with Crippen molar-refractivity contribution in [2.45, 2.75) is 49.7 Å². The molecule has 0 bridgehead atoms. The van der Waals surface area contributed by atoms with Gasteiger partial charge in [0.1, 0.15) is 5.75 Å². The van der Waals surface area contributed by atoms with Gasteiger partial charge in [-0.2, -0.15) is 35.3 Å². The zero-order chi connectivity index (χ0) is 41.8. The Labute approximate surface area is 403 Å². The molecule has 0 atom stereocenters. The summed E-state index contributed by atoms with van der Waals surface area (Å²) < 4.78 is 14.4. The van der Waals surface area contributed by atoms with Crippen molar-refractivity contribution in [1.82, 2.24) is 0 Å². The quantitative estimate of drug-likeness (QED) is 0.0707. The number of benzene rings is 6. The van der Waals surface area contributed by atoms with Crippen molar-refractivity contribution < 1.29 is 9.47 Å². The smallest absolute Gasteiger partial charge is 0.118 e. The minimum atomic E-state index is 0.621. The second kappa shape index (κ2) is 26.8. The number of halogens is 6. The largest absolute Gasteiger partial charge is 0.497 e. The van der Waals surface area contributed by atoms with Crippen LogP contribution in [-0.2, 0) is 54.5 Å². The maximum Gasteiger partial charge on any atom is 0.118 e. The minimum absolute atomic E-state index is 0.621. The number of ether oxygens (including phenoxy) is 2. The van der Waals surface area contributed by atoms with Crippen LogP contribution in [0.4, 0.5) is 0 Å². The van der Waals surface area contributed by atoms with E-state index in [1.54, 1.807) is 7.11 Å². The number of hydrogen-bond donors (Lipinski definition) is 0. The Kier molecular flexibility index (Phi) is 22.0. The number of hydrogen-bond acceptors (Lipinski definition) is 5. The van der Waals surface area contributed by atoms with Crippen LogP contribution in [0.5, 0.6) is 5.75 Å². The van der Waals surface area contributed by atoms with Crippen LogP contribution < -0.4 is 4.74 Å². The average Bonchev–Trinajstić information content (AvgIpc) is 3.23. The van der Waals surface area contributed by atoms with Crippen LogP contribution in [-0.4, -0.2) is 24.4 Å². The van der Waals surface area contributed by atoms with Crippen molar-refractivity contribution in [3.05, 3.63) is 200 Å². The molecule has 6 aromatic carbocycles. The van der Waals surface area contributed by atoms with Crippen molar-refractivity contribution in [2.75, 3.05) is 24.4 Å². The molecule has 0 fully saturated rings. The predicted octanol–water partition coefficient (Wildman–Crippen LogP) is 16.8. The number of thioether (sulfide) groups is 3. The normalized spacial score (nSPS) is 11.0. The average molecular weight is 1100 g/mol. The summed E-state index contributed by atoms with van der Waals surface area (Å²) >= 11 is 34.6. The molecule has 0 amide bonds. The van der Waals surface area contributed by atoms with E-state index in [1.807, 2.05) is 83.8 Å². The van der Waals surface area contributed by atoms with Gasteiger partial charge < -0.3 is 9.47 Å². The lowest BCUT2D eigenvalue weighted by molar-refractivity contribution is 0.107. The molecule has 0 aliphatic heterocycles. The zero-order valence-electron chi connectivity index (χ0n) is 32.7. The van der Waals surface area contributed by atoms with Crippen LogP contribution in [0.2, 0.25) is 15.1 Å². The fourth-order valence-electron chi connectivity index (χ4n) is 5.76. The van der Waals surface area contributed by atoms with Crippen LogP contribution in [0.1, 0.15) is 44.5 Å². The maximum atomic E-state index is 6.03. The summed E-state index contributed by atoms with van der Waals surface area (Å²) in [6.07, 6.45) is 3.09. The van der Waals surface area contributed by atoms with Crippen molar-refractivity contribution in [1.29, 1.82) is 0 Å². The Bertz CT molecular complexity index is 2070. The van der Waals surface area contributed by atoms with Crippen LogP contribution in [0.15, 0.2) is 141 Å². The first kappa shape index (κ1) is 48.5. The van der Waals surface area contributed by atoms with Gasteiger partial charge in [-0.1, -0.05) is 161 Å². The van der Waals surface area contributed by atoms with Gasteiger partial charge in [-0.05, 0) is 130 Å². The molecule has 0 N–H and O–H groups in total. The molecule has 0 saturated heterocycles. The summed E-state index contributed by atoms with van der Waals surface area (Å²) in [7, 11) is 1.69. The van der Waals surface area contributed by atoms with Crippen molar-refractivity contribution in [3.63, 3.8) is 0 Å². The van der Waals surface area contributed by atoms with Gasteiger partial charge in [0, 0.05) is 45.7 Å². The van der Waals surface area contributed by atoms with Gasteiger partial charge >= 0.3 is 0 Å². The maximum absolute atomic E-state index is 6.03. The van der Waals surface area contributed by atoms with E-state index in [1.165, 1.54) is 44.5 Å². The number of rotatable bonds is 20. The van der Waals surface area contributed by atoms with Gasteiger partial charge in [0.05, 0.1) is 20.3 Å². The molecular formula is C48H46Br3Cl3O2S3. The molecule has 0 spiro atoms. The summed E-state index contributed by atoms with van der Waals surface area (Å²) in [5, 5.41) is 2.30. The second-order valence-electron chi connectivity index (χ2n) is 13.6. The molecule has 0 aliphatic carbocycles. The van der Waals surface area contributed by atoms with E-state index in [4.69, 9.17) is 44.3 Å². The van der Waals surface area contributed by atoms with Crippen LogP contribution in [0.25, 0.3) is 0 Å². The Hall–Kier alpha value is -1.56. The molecule has 0 heterocycles. The Balaban J connectivity index is 0.000000277. The molecule has 0 aromatic heterocycles. The third-order valence-corrected chi connectivity index (χ3v) is 15.2. The van der Waals surface area contributed by atoms with E-state index in [2.05, 4.69) is 127 Å². The fourth-order valence-corrected chi connectivity index (χ4v) is 11.2. The highest BCUT2D eigenvalue weighted by Crippen LogP contribution is 2.27. The van der Waals surface area contributed by atoms with Gasteiger partial charge in [-0.15, -0.1) is 0 Å². The highest BCUT2D eigenvalue weighted by atomic mass is 79.9. The van der Waals surface area contributed by atoms with Crippen molar-refractivity contribution >= 4 is 118 Å². The predicted molar refractivity (Wildman–Crippen MR) is 271 cm³/mol. The minimum Gasteiger partial charge on any atom is -0.497 e. The molecular weight excluding hydrogens is 1050 g/mol. The van der Waals surface area contributed by atoms with Crippen molar-refractivity contribution in [2.24, 2.45) is 0 Å². The molecule has 6 rings (SSSR count). The molecule has 59 heavy (non-hydrogen) atoms. The number of methoxy groups -OCH3 is 1. The van der Waals surface area contributed by atoms with E-state index in [0.717, 1.165) is 88.0 Å². The Morgan fingerprint density at radius 2 is 0.729 bits per heavy atom. The molecule has 6 aromatic rings. The molecule has 0 radical (unpaired) electrons. The summed E-state index contributed by atoms with van der Waals surface area (Å²) in [6, 6.07) is 43.8. The van der Waals surface area contributed by atoms with E-state index in [-0.39, 0.29) is 0 Å². The Morgan fingerprint density at radius 1 is 0.424 bits per heavy atom.